The number of benzene rings is 1. The lowest BCUT2D eigenvalue weighted by Crippen LogP contribution is -2.00. The number of rotatable bonds is 4. The minimum absolute atomic E-state index is 0.152. The third-order valence-electron chi connectivity index (χ3n) is 2.88. The van der Waals surface area contributed by atoms with E-state index >= 15 is 0 Å². The van der Waals surface area contributed by atoms with Crippen LogP contribution in [0.15, 0.2) is 42.0 Å². The highest BCUT2D eigenvalue weighted by atomic mass is 35.5. The molecule has 0 spiro atoms. The fourth-order valence-corrected chi connectivity index (χ4v) is 2.69. The molecule has 21 heavy (non-hydrogen) atoms. The number of aromatic carboxylic acids is 1. The highest BCUT2D eigenvalue weighted by molar-refractivity contribution is 7.13. The van der Waals surface area contributed by atoms with Gasteiger partial charge in [-0.1, -0.05) is 23.7 Å². The second-order valence-electron chi connectivity index (χ2n) is 4.36. The molecule has 1 aromatic carbocycles. The number of aromatic nitrogens is 3. The summed E-state index contributed by atoms with van der Waals surface area (Å²) in [4.78, 5) is 15.5. The maximum absolute atomic E-state index is 11.3. The lowest BCUT2D eigenvalue weighted by Gasteiger charge is -2.01. The summed E-state index contributed by atoms with van der Waals surface area (Å²) in [5, 5.41) is 16.7. The number of halogens is 1. The van der Waals surface area contributed by atoms with Gasteiger partial charge in [0.1, 0.15) is 16.3 Å². The summed E-state index contributed by atoms with van der Waals surface area (Å²) in [5.74, 6) is -1.01. The van der Waals surface area contributed by atoms with Crippen LogP contribution in [0.4, 0.5) is 0 Å². The fourth-order valence-electron chi connectivity index (χ4n) is 1.93. The maximum atomic E-state index is 11.3. The number of hydrogen-bond acceptors (Lipinski definition) is 4. The van der Waals surface area contributed by atoms with Crippen molar-refractivity contribution in [2.45, 2.75) is 6.54 Å². The Morgan fingerprint density at radius 1 is 1.33 bits per heavy atom. The Balaban J connectivity index is 1.95. The molecule has 0 amide bonds. The van der Waals surface area contributed by atoms with Crippen LogP contribution in [0.3, 0.4) is 0 Å². The molecule has 0 aliphatic heterocycles. The Hall–Kier alpha value is -2.18. The van der Waals surface area contributed by atoms with E-state index < -0.39 is 5.97 Å². The molecule has 1 N–H and O–H groups in total. The SMILES string of the molecule is O=C(O)c1cn(Cc2ccc(Cl)cc2)nc1-c1nccs1. The van der Waals surface area contributed by atoms with Gasteiger partial charge in [-0.05, 0) is 17.7 Å². The van der Waals surface area contributed by atoms with Crippen LogP contribution in [0.2, 0.25) is 5.02 Å². The summed E-state index contributed by atoms with van der Waals surface area (Å²) in [5.41, 5.74) is 1.54. The van der Waals surface area contributed by atoms with Gasteiger partial charge in [0.15, 0.2) is 0 Å². The van der Waals surface area contributed by atoms with Crippen molar-refractivity contribution in [3.8, 4) is 10.7 Å². The second-order valence-corrected chi connectivity index (χ2v) is 5.69. The maximum Gasteiger partial charge on any atom is 0.339 e. The van der Waals surface area contributed by atoms with E-state index in [4.69, 9.17) is 11.6 Å². The summed E-state index contributed by atoms with van der Waals surface area (Å²) in [6.45, 7) is 0.475. The molecule has 0 saturated carbocycles. The van der Waals surface area contributed by atoms with Gasteiger partial charge < -0.3 is 5.11 Å². The highest BCUT2D eigenvalue weighted by Crippen LogP contribution is 2.24. The van der Waals surface area contributed by atoms with Gasteiger partial charge in [0.2, 0.25) is 0 Å². The lowest BCUT2D eigenvalue weighted by molar-refractivity contribution is 0.0697. The summed E-state index contributed by atoms with van der Waals surface area (Å²) >= 11 is 7.21. The molecule has 0 unspecified atom stereocenters. The van der Waals surface area contributed by atoms with Gasteiger partial charge in [-0.15, -0.1) is 11.3 Å². The predicted molar refractivity (Wildman–Crippen MR) is 80.8 cm³/mol. The average molecular weight is 320 g/mol. The summed E-state index contributed by atoms with van der Waals surface area (Å²) in [7, 11) is 0. The van der Waals surface area contributed by atoms with Crippen LogP contribution >= 0.6 is 22.9 Å². The molecule has 3 rings (SSSR count). The minimum Gasteiger partial charge on any atom is -0.478 e. The number of carboxylic acids is 1. The molecule has 7 heteroatoms. The first kappa shape index (κ1) is 13.8. The molecular formula is C14H10ClN3O2S. The first-order valence-electron chi connectivity index (χ1n) is 6.08. The summed E-state index contributed by atoms with van der Waals surface area (Å²) in [6, 6.07) is 7.35. The largest absolute Gasteiger partial charge is 0.478 e. The number of hydrogen-bond donors (Lipinski definition) is 1. The molecule has 0 fully saturated rings. The van der Waals surface area contributed by atoms with E-state index in [-0.39, 0.29) is 5.56 Å². The molecule has 106 valence electrons. The van der Waals surface area contributed by atoms with E-state index in [0.717, 1.165) is 5.56 Å². The van der Waals surface area contributed by atoms with Crippen LogP contribution < -0.4 is 0 Å². The van der Waals surface area contributed by atoms with Crippen LogP contribution in [0.25, 0.3) is 10.7 Å². The predicted octanol–water partition coefficient (Wildman–Crippen LogP) is 3.41. The molecule has 5 nitrogen and oxygen atoms in total. The Labute approximate surface area is 129 Å². The van der Waals surface area contributed by atoms with Crippen molar-refractivity contribution in [2.24, 2.45) is 0 Å². The van der Waals surface area contributed by atoms with E-state index in [9.17, 15) is 9.90 Å². The second kappa shape index (κ2) is 5.67. The van der Waals surface area contributed by atoms with Crippen molar-refractivity contribution in [1.29, 1.82) is 0 Å². The summed E-state index contributed by atoms with van der Waals surface area (Å²) < 4.78 is 1.60. The van der Waals surface area contributed by atoms with Crippen LogP contribution in [-0.4, -0.2) is 25.8 Å². The zero-order valence-corrected chi connectivity index (χ0v) is 12.3. The molecular weight excluding hydrogens is 310 g/mol. The molecule has 0 atom stereocenters. The Bertz CT molecular complexity index is 766. The van der Waals surface area contributed by atoms with Crippen molar-refractivity contribution in [3.05, 3.63) is 58.2 Å². The topological polar surface area (TPSA) is 68.0 Å². The third-order valence-corrected chi connectivity index (χ3v) is 3.92. The molecule has 3 aromatic rings. The average Bonchev–Trinajstić information content (AvgIpc) is 3.10. The number of nitrogens with zero attached hydrogens (tertiary/aromatic N) is 3. The third kappa shape index (κ3) is 2.96. The first-order valence-corrected chi connectivity index (χ1v) is 7.34. The monoisotopic (exact) mass is 319 g/mol. The molecule has 0 radical (unpaired) electrons. The summed E-state index contributed by atoms with van der Waals surface area (Å²) in [6.07, 6.45) is 3.15. The Morgan fingerprint density at radius 2 is 2.10 bits per heavy atom. The van der Waals surface area contributed by atoms with Crippen molar-refractivity contribution >= 4 is 28.9 Å². The number of carboxylic acid groups (broad SMARTS) is 1. The van der Waals surface area contributed by atoms with Gasteiger partial charge in [-0.3, -0.25) is 4.68 Å². The molecule has 2 heterocycles. The molecule has 0 bridgehead atoms. The molecule has 0 aliphatic carbocycles. The zero-order valence-electron chi connectivity index (χ0n) is 10.7. The van der Waals surface area contributed by atoms with Gasteiger partial charge in [-0.25, -0.2) is 9.78 Å². The van der Waals surface area contributed by atoms with Gasteiger partial charge in [0.25, 0.3) is 0 Å². The van der Waals surface area contributed by atoms with Crippen molar-refractivity contribution in [3.63, 3.8) is 0 Å². The Kier molecular flexibility index (Phi) is 3.72. The van der Waals surface area contributed by atoms with Crippen molar-refractivity contribution < 1.29 is 9.90 Å². The van der Waals surface area contributed by atoms with E-state index in [1.807, 2.05) is 12.1 Å². The minimum atomic E-state index is -1.01. The van der Waals surface area contributed by atoms with Gasteiger partial charge in [-0.2, -0.15) is 5.10 Å². The number of carbonyl (C=O) groups is 1. The normalized spacial score (nSPS) is 10.7. The fraction of sp³-hybridized carbons (Fsp3) is 0.0714. The quantitative estimate of drug-likeness (QED) is 0.800. The molecule has 0 aliphatic rings. The lowest BCUT2D eigenvalue weighted by atomic mass is 10.2. The van der Waals surface area contributed by atoms with Crippen LogP contribution in [-0.2, 0) is 6.54 Å². The van der Waals surface area contributed by atoms with Crippen LogP contribution in [0.5, 0.6) is 0 Å². The Morgan fingerprint density at radius 3 is 2.71 bits per heavy atom. The van der Waals surface area contributed by atoms with E-state index in [1.54, 1.807) is 28.4 Å². The standard InChI is InChI=1S/C14H10ClN3O2S/c15-10-3-1-9(2-4-10)7-18-8-11(14(19)20)12(17-18)13-16-5-6-21-13/h1-6,8H,7H2,(H,19,20). The van der Waals surface area contributed by atoms with Crippen LogP contribution in [0, 0.1) is 0 Å². The van der Waals surface area contributed by atoms with Crippen molar-refractivity contribution in [2.75, 3.05) is 0 Å². The van der Waals surface area contributed by atoms with Gasteiger partial charge in [0, 0.05) is 22.8 Å². The smallest absolute Gasteiger partial charge is 0.339 e. The van der Waals surface area contributed by atoms with Gasteiger partial charge in [0.05, 0.1) is 6.54 Å². The number of thiazole rings is 1. The zero-order chi connectivity index (χ0) is 14.8. The van der Waals surface area contributed by atoms with Crippen molar-refractivity contribution in [1.82, 2.24) is 14.8 Å². The van der Waals surface area contributed by atoms with E-state index in [0.29, 0.717) is 22.3 Å². The molecule has 2 aromatic heterocycles. The van der Waals surface area contributed by atoms with Gasteiger partial charge >= 0.3 is 5.97 Å². The highest BCUT2D eigenvalue weighted by Gasteiger charge is 2.18. The van der Waals surface area contributed by atoms with E-state index in [1.165, 1.54) is 17.5 Å². The van der Waals surface area contributed by atoms with Crippen LogP contribution in [0.1, 0.15) is 15.9 Å². The first-order chi connectivity index (χ1) is 10.1. The van der Waals surface area contributed by atoms with E-state index in [2.05, 4.69) is 10.1 Å². The molecule has 0 saturated heterocycles.